The lowest BCUT2D eigenvalue weighted by molar-refractivity contribution is 0.0952. The molecule has 4 aromatic rings. The highest BCUT2D eigenvalue weighted by atomic mass is 32.2. The second kappa shape index (κ2) is 7.40. The minimum atomic E-state index is -3.70. The van der Waals surface area contributed by atoms with Gasteiger partial charge in [0.1, 0.15) is 11.1 Å². The Morgan fingerprint density at radius 1 is 1.14 bits per heavy atom. The van der Waals surface area contributed by atoms with Crippen LogP contribution in [-0.2, 0) is 10.0 Å². The number of hydrogen-bond acceptors (Lipinski definition) is 6. The zero-order valence-electron chi connectivity index (χ0n) is 15.0. The predicted octanol–water partition coefficient (Wildman–Crippen LogP) is 1.61. The molecule has 2 N–H and O–H groups in total. The van der Waals surface area contributed by atoms with Gasteiger partial charge in [-0.1, -0.05) is 18.2 Å². The second-order valence-corrected chi connectivity index (χ2v) is 8.12. The lowest BCUT2D eigenvalue weighted by Crippen LogP contribution is -2.33. The molecule has 4 rings (SSSR count). The minimum absolute atomic E-state index is 0.171. The van der Waals surface area contributed by atoms with Gasteiger partial charge in [-0.2, -0.15) is 5.10 Å². The maximum atomic E-state index is 12.3. The molecule has 0 aliphatic heterocycles. The normalized spacial score (nSPS) is 11.6. The van der Waals surface area contributed by atoms with Gasteiger partial charge in [0, 0.05) is 24.3 Å². The van der Waals surface area contributed by atoms with Crippen LogP contribution in [0.5, 0.6) is 0 Å². The van der Waals surface area contributed by atoms with Crippen LogP contribution in [0.2, 0.25) is 0 Å². The summed E-state index contributed by atoms with van der Waals surface area (Å²) in [5, 5.41) is 7.08. The Morgan fingerprint density at radius 2 is 1.97 bits per heavy atom. The van der Waals surface area contributed by atoms with Crippen molar-refractivity contribution >= 4 is 38.1 Å². The first-order valence-corrected chi connectivity index (χ1v) is 10.3. The largest absolute Gasteiger partial charge is 0.422 e. The number of carbonyl (C=O) groups is 1. The van der Waals surface area contributed by atoms with Gasteiger partial charge >= 0.3 is 5.63 Å². The molecule has 0 fully saturated rings. The van der Waals surface area contributed by atoms with E-state index in [0.717, 1.165) is 5.52 Å². The van der Waals surface area contributed by atoms with E-state index in [4.69, 9.17) is 4.42 Å². The number of amides is 1. The molecule has 10 heteroatoms. The zero-order chi connectivity index (χ0) is 20.4. The first-order valence-electron chi connectivity index (χ1n) is 8.66. The fraction of sp³-hybridized carbons (Fsp3) is 0.105. The van der Waals surface area contributed by atoms with Gasteiger partial charge in [0.15, 0.2) is 0 Å². The van der Waals surface area contributed by atoms with E-state index in [0.29, 0.717) is 16.7 Å². The number of sulfonamides is 1. The number of aromatic nitrogens is 2. The van der Waals surface area contributed by atoms with Crippen LogP contribution in [0, 0.1) is 0 Å². The molecule has 0 bridgehead atoms. The van der Waals surface area contributed by atoms with E-state index in [1.165, 1.54) is 6.07 Å². The van der Waals surface area contributed by atoms with Crippen LogP contribution in [0.15, 0.2) is 70.1 Å². The molecule has 0 spiro atoms. The number of pyridine rings is 1. The molecule has 0 radical (unpaired) electrons. The number of anilines is 1. The third kappa shape index (κ3) is 4.11. The SMILES string of the molecule is O=C(NCCS(=O)(=O)Nc1ccn2nccc2c1)c1cc2ccccc2oc1=O. The molecular weight excluding hydrogens is 396 g/mol. The Bertz CT molecular complexity index is 1370. The minimum Gasteiger partial charge on any atom is -0.422 e. The molecule has 3 heterocycles. The van der Waals surface area contributed by atoms with Crippen molar-refractivity contribution in [2.24, 2.45) is 0 Å². The average molecular weight is 412 g/mol. The fourth-order valence-corrected chi connectivity index (χ4v) is 3.79. The molecule has 3 aromatic heterocycles. The van der Waals surface area contributed by atoms with E-state index < -0.39 is 21.6 Å². The van der Waals surface area contributed by atoms with E-state index in [-0.39, 0.29) is 17.9 Å². The number of nitrogens with one attached hydrogen (secondary N) is 2. The van der Waals surface area contributed by atoms with Crippen molar-refractivity contribution in [2.45, 2.75) is 0 Å². The van der Waals surface area contributed by atoms with Crippen molar-refractivity contribution in [1.82, 2.24) is 14.9 Å². The van der Waals surface area contributed by atoms with Crippen molar-refractivity contribution < 1.29 is 17.6 Å². The van der Waals surface area contributed by atoms with Gasteiger partial charge in [-0.25, -0.2) is 17.7 Å². The molecule has 29 heavy (non-hydrogen) atoms. The lowest BCUT2D eigenvalue weighted by Gasteiger charge is -2.09. The van der Waals surface area contributed by atoms with E-state index in [2.05, 4.69) is 15.1 Å². The zero-order valence-corrected chi connectivity index (χ0v) is 15.8. The van der Waals surface area contributed by atoms with Crippen LogP contribution in [0.25, 0.3) is 16.5 Å². The summed E-state index contributed by atoms with van der Waals surface area (Å²) in [4.78, 5) is 24.3. The maximum Gasteiger partial charge on any atom is 0.349 e. The van der Waals surface area contributed by atoms with Crippen LogP contribution in [0.1, 0.15) is 10.4 Å². The Labute approximate surface area is 165 Å². The summed E-state index contributed by atoms with van der Waals surface area (Å²) in [6, 6.07) is 13.2. The summed E-state index contributed by atoms with van der Waals surface area (Å²) < 4.78 is 33.7. The molecule has 0 unspecified atom stereocenters. The smallest absolute Gasteiger partial charge is 0.349 e. The third-order valence-electron chi connectivity index (χ3n) is 4.22. The first kappa shape index (κ1) is 18.7. The first-order chi connectivity index (χ1) is 13.9. The number of para-hydroxylation sites is 1. The van der Waals surface area contributed by atoms with Crippen LogP contribution < -0.4 is 15.7 Å². The summed E-state index contributed by atoms with van der Waals surface area (Å²) >= 11 is 0. The topological polar surface area (TPSA) is 123 Å². The van der Waals surface area contributed by atoms with Gasteiger partial charge < -0.3 is 9.73 Å². The van der Waals surface area contributed by atoms with Crippen molar-refractivity contribution in [3.63, 3.8) is 0 Å². The van der Waals surface area contributed by atoms with Crippen molar-refractivity contribution in [1.29, 1.82) is 0 Å². The predicted molar refractivity (Wildman–Crippen MR) is 107 cm³/mol. The summed E-state index contributed by atoms with van der Waals surface area (Å²) in [6.07, 6.45) is 3.24. The van der Waals surface area contributed by atoms with Gasteiger partial charge in [0.25, 0.3) is 5.91 Å². The highest BCUT2D eigenvalue weighted by Crippen LogP contribution is 2.14. The Hall–Kier alpha value is -3.66. The summed E-state index contributed by atoms with van der Waals surface area (Å²) in [5.74, 6) is -1.05. The number of fused-ring (bicyclic) bond motifs is 2. The van der Waals surface area contributed by atoms with Crippen LogP contribution in [0.4, 0.5) is 5.69 Å². The van der Waals surface area contributed by atoms with Gasteiger partial charge in [-0.05, 0) is 30.3 Å². The van der Waals surface area contributed by atoms with Crippen molar-refractivity contribution in [2.75, 3.05) is 17.0 Å². The van der Waals surface area contributed by atoms with Gasteiger partial charge in [-0.3, -0.25) is 9.52 Å². The molecule has 1 amide bonds. The Kier molecular flexibility index (Phi) is 4.77. The van der Waals surface area contributed by atoms with Gasteiger partial charge in [-0.15, -0.1) is 0 Å². The number of benzene rings is 1. The second-order valence-electron chi connectivity index (χ2n) is 6.28. The molecule has 0 saturated carbocycles. The highest BCUT2D eigenvalue weighted by molar-refractivity contribution is 7.92. The van der Waals surface area contributed by atoms with Crippen LogP contribution >= 0.6 is 0 Å². The summed E-state index contributed by atoms with van der Waals surface area (Å²) in [6.45, 7) is -0.171. The standard InChI is InChI=1S/C19H16N4O5S/c24-18(16-11-13-3-1-2-4-17(13)28-19(16)25)20-8-10-29(26,27)22-14-6-9-23-15(12-14)5-7-21-23/h1-7,9,11-12,22H,8,10H2,(H,20,24). The van der Waals surface area contributed by atoms with E-state index in [9.17, 15) is 18.0 Å². The Balaban J connectivity index is 1.40. The monoisotopic (exact) mass is 412 g/mol. The van der Waals surface area contributed by atoms with Crippen molar-refractivity contribution in [3.8, 4) is 0 Å². The number of carbonyl (C=O) groups excluding carboxylic acids is 1. The fourth-order valence-electron chi connectivity index (χ4n) is 2.83. The van der Waals surface area contributed by atoms with Crippen molar-refractivity contribution in [3.05, 3.63) is 76.9 Å². The quantitative estimate of drug-likeness (QED) is 0.464. The maximum absolute atomic E-state index is 12.3. The third-order valence-corrected chi connectivity index (χ3v) is 5.50. The molecule has 0 saturated heterocycles. The van der Waals surface area contributed by atoms with Crippen LogP contribution in [-0.4, -0.2) is 36.2 Å². The Morgan fingerprint density at radius 3 is 2.83 bits per heavy atom. The molecule has 1 aromatic carbocycles. The number of hydrogen-bond donors (Lipinski definition) is 2. The van der Waals surface area contributed by atoms with Gasteiger partial charge in [0.2, 0.25) is 10.0 Å². The van der Waals surface area contributed by atoms with E-state index >= 15 is 0 Å². The summed E-state index contributed by atoms with van der Waals surface area (Å²) in [5.41, 5.74) is 0.536. The molecule has 148 valence electrons. The number of nitrogens with zero attached hydrogens (tertiary/aromatic N) is 2. The van der Waals surface area contributed by atoms with E-state index in [1.54, 1.807) is 59.4 Å². The molecule has 0 aliphatic rings. The van der Waals surface area contributed by atoms with Gasteiger partial charge in [0.05, 0.1) is 17.0 Å². The lowest BCUT2D eigenvalue weighted by atomic mass is 10.2. The molecule has 0 atom stereocenters. The van der Waals surface area contributed by atoms with Crippen LogP contribution in [0.3, 0.4) is 0 Å². The highest BCUT2D eigenvalue weighted by Gasteiger charge is 2.16. The summed E-state index contributed by atoms with van der Waals surface area (Å²) in [7, 11) is -3.70. The van der Waals surface area contributed by atoms with E-state index in [1.807, 2.05) is 0 Å². The number of rotatable bonds is 6. The molecular formula is C19H16N4O5S. The molecule has 9 nitrogen and oxygen atoms in total. The average Bonchev–Trinajstić information content (AvgIpc) is 3.14. The molecule has 0 aliphatic carbocycles.